The molecule has 0 aromatic heterocycles. The molecule has 3 aromatic rings. The number of hydrogen-bond donors (Lipinski definition) is 1. The number of halogens is 2. The van der Waals surface area contributed by atoms with E-state index < -0.39 is 9.84 Å². The lowest BCUT2D eigenvalue weighted by Crippen LogP contribution is -2.49. The van der Waals surface area contributed by atoms with Crippen LogP contribution in [0.25, 0.3) is 0 Å². The van der Waals surface area contributed by atoms with Crippen LogP contribution >= 0.6 is 24.0 Å². The van der Waals surface area contributed by atoms with Crippen molar-refractivity contribution in [2.24, 2.45) is 0 Å². The number of nitrogens with one attached hydrogen (secondary N) is 1. The van der Waals surface area contributed by atoms with Gasteiger partial charge in [-0.3, -0.25) is 0 Å². The highest BCUT2D eigenvalue weighted by Gasteiger charge is 2.47. The molecule has 1 heterocycles. The van der Waals surface area contributed by atoms with Gasteiger partial charge in [0.25, 0.3) is 0 Å². The van der Waals surface area contributed by atoms with Gasteiger partial charge < -0.3 is 10.1 Å². The quantitative estimate of drug-likeness (QED) is 0.313. The van der Waals surface area contributed by atoms with E-state index in [-0.39, 0.29) is 35.4 Å². The van der Waals surface area contributed by atoms with E-state index in [9.17, 15) is 8.42 Å². The smallest absolute Gasteiger partial charge is 0.154 e. The van der Waals surface area contributed by atoms with Crippen molar-refractivity contribution in [2.75, 3.05) is 18.9 Å². The average molecular weight is 547 g/mol. The predicted molar refractivity (Wildman–Crippen MR) is 149 cm³/mol. The Hall–Kier alpha value is -2.05. The van der Waals surface area contributed by atoms with Crippen LogP contribution in [0, 0.1) is 0 Å². The Kier molecular flexibility index (Phi) is 8.67. The third kappa shape index (κ3) is 5.91. The molecule has 1 unspecified atom stereocenters. The molecule has 4 nitrogen and oxygen atoms in total. The van der Waals surface area contributed by atoms with Gasteiger partial charge in [0.05, 0.1) is 18.1 Å². The van der Waals surface area contributed by atoms with Crippen molar-refractivity contribution < 1.29 is 13.2 Å². The van der Waals surface area contributed by atoms with Gasteiger partial charge in [-0.1, -0.05) is 66.6 Å². The van der Waals surface area contributed by atoms with Crippen molar-refractivity contribution in [3.63, 3.8) is 0 Å². The molecule has 2 aliphatic rings. The lowest BCUT2D eigenvalue weighted by atomic mass is 9.58. The highest BCUT2D eigenvalue weighted by molar-refractivity contribution is 7.90. The van der Waals surface area contributed by atoms with Crippen LogP contribution in [0.1, 0.15) is 54.0 Å². The first-order chi connectivity index (χ1) is 17.0. The number of sulfone groups is 1. The second-order valence-corrected chi connectivity index (χ2v) is 12.4. The molecule has 36 heavy (non-hydrogen) atoms. The van der Waals surface area contributed by atoms with Crippen LogP contribution in [0.2, 0.25) is 5.02 Å². The van der Waals surface area contributed by atoms with Gasteiger partial charge in [-0.2, -0.15) is 0 Å². The zero-order chi connectivity index (χ0) is 24.3. The summed E-state index contributed by atoms with van der Waals surface area (Å²) in [4.78, 5) is 0. The summed E-state index contributed by atoms with van der Waals surface area (Å²) in [5.74, 6) is 1.01. The van der Waals surface area contributed by atoms with Gasteiger partial charge in [-0.25, -0.2) is 8.42 Å². The number of fused-ring (bicyclic) bond motifs is 1. The van der Waals surface area contributed by atoms with E-state index in [0.717, 1.165) is 42.1 Å². The molecule has 5 rings (SSSR count). The van der Waals surface area contributed by atoms with Gasteiger partial charge >= 0.3 is 0 Å². The molecule has 1 saturated carbocycles. The first-order valence-electron chi connectivity index (χ1n) is 12.4. The molecule has 1 N–H and O–H groups in total. The van der Waals surface area contributed by atoms with Crippen molar-refractivity contribution in [3.8, 4) is 5.75 Å². The summed E-state index contributed by atoms with van der Waals surface area (Å²) >= 11 is 6.17. The summed E-state index contributed by atoms with van der Waals surface area (Å²) in [6.45, 7) is 1.35. The Balaban J connectivity index is 0.00000304. The molecule has 1 aliphatic carbocycles. The summed E-state index contributed by atoms with van der Waals surface area (Å²) in [6, 6.07) is 24.3. The van der Waals surface area contributed by atoms with Gasteiger partial charge in [0.15, 0.2) is 9.84 Å². The zero-order valence-electron chi connectivity index (χ0n) is 20.3. The van der Waals surface area contributed by atoms with E-state index in [1.54, 1.807) is 0 Å². The maximum atomic E-state index is 12.5. The molecule has 0 amide bonds. The second-order valence-electron chi connectivity index (χ2n) is 9.79. The summed E-state index contributed by atoms with van der Waals surface area (Å²) in [5.41, 5.74) is 4.91. The Morgan fingerprint density at radius 1 is 1.00 bits per heavy atom. The van der Waals surface area contributed by atoms with Crippen molar-refractivity contribution in [1.82, 2.24) is 5.32 Å². The van der Waals surface area contributed by atoms with Crippen LogP contribution in [0.4, 0.5) is 0 Å². The molecule has 1 atom stereocenters. The van der Waals surface area contributed by atoms with Crippen molar-refractivity contribution >= 4 is 33.8 Å². The molecule has 192 valence electrons. The molecular formula is C29H33Cl2NO3S. The van der Waals surface area contributed by atoms with E-state index in [1.165, 1.54) is 23.1 Å². The second kappa shape index (κ2) is 11.6. The van der Waals surface area contributed by atoms with E-state index in [0.29, 0.717) is 13.0 Å². The number of benzene rings is 3. The molecule has 0 saturated heterocycles. The Morgan fingerprint density at radius 2 is 1.75 bits per heavy atom. The van der Waals surface area contributed by atoms with Crippen LogP contribution in [0.5, 0.6) is 5.75 Å². The minimum atomic E-state index is -3.16. The average Bonchev–Trinajstić information content (AvgIpc) is 2.83. The third-order valence-corrected chi connectivity index (χ3v) is 9.42. The number of ether oxygens (including phenoxy) is 1. The van der Waals surface area contributed by atoms with Crippen molar-refractivity contribution in [1.29, 1.82) is 0 Å². The lowest BCUT2D eigenvalue weighted by Gasteiger charge is -2.50. The predicted octanol–water partition coefficient (Wildman–Crippen LogP) is 6.45. The molecule has 7 heteroatoms. The van der Waals surface area contributed by atoms with Gasteiger partial charge in [-0.15, -0.1) is 12.4 Å². The largest absolute Gasteiger partial charge is 0.494 e. The minimum Gasteiger partial charge on any atom is -0.494 e. The summed E-state index contributed by atoms with van der Waals surface area (Å²) in [7, 11) is -3.16. The van der Waals surface area contributed by atoms with Crippen LogP contribution < -0.4 is 10.1 Å². The summed E-state index contributed by atoms with van der Waals surface area (Å²) in [5, 5.41) is 4.57. The van der Waals surface area contributed by atoms with Crippen LogP contribution in [-0.4, -0.2) is 27.3 Å². The molecule has 0 spiro atoms. The van der Waals surface area contributed by atoms with Crippen LogP contribution in [0.3, 0.4) is 0 Å². The minimum absolute atomic E-state index is 0. The lowest BCUT2D eigenvalue weighted by molar-refractivity contribution is 0.164. The van der Waals surface area contributed by atoms with E-state index in [4.69, 9.17) is 16.3 Å². The fourth-order valence-corrected chi connectivity index (χ4v) is 7.09. The third-order valence-electron chi connectivity index (χ3n) is 7.49. The van der Waals surface area contributed by atoms with Gasteiger partial charge in [0.1, 0.15) is 5.75 Å². The van der Waals surface area contributed by atoms with E-state index in [1.807, 2.05) is 48.5 Å². The Labute approximate surface area is 225 Å². The molecule has 0 radical (unpaired) electrons. The SMILES string of the molecule is Cl.O=S(=O)(CCCOc1ccc2c(c1)C(C1(c3ccc(Cl)cc3)CCC1)NCC2)Cc1ccccc1. The normalized spacial score (nSPS) is 18.4. The fourth-order valence-electron chi connectivity index (χ4n) is 5.57. The summed E-state index contributed by atoms with van der Waals surface area (Å²) < 4.78 is 31.0. The molecule has 3 aromatic carbocycles. The first kappa shape index (κ1) is 27.0. The standard InChI is InChI=1S/C29H32ClNO3S.ClH/c30-25-11-9-24(10-12-25)29(15-4-16-29)28-27-20-26(13-8-23(27)14-17-31-28)34-18-5-19-35(32,33)21-22-6-2-1-3-7-22;/h1-3,6-13,20,28,31H,4-5,14-19,21H2;1H. The van der Waals surface area contributed by atoms with Crippen LogP contribution in [-0.2, 0) is 27.4 Å². The van der Waals surface area contributed by atoms with Crippen LogP contribution in [0.15, 0.2) is 72.8 Å². The van der Waals surface area contributed by atoms with Gasteiger partial charge in [0.2, 0.25) is 0 Å². The zero-order valence-corrected chi connectivity index (χ0v) is 22.7. The Morgan fingerprint density at radius 3 is 2.44 bits per heavy atom. The first-order valence-corrected chi connectivity index (χ1v) is 14.6. The van der Waals surface area contributed by atoms with Gasteiger partial charge in [-0.05, 0) is 78.7 Å². The monoisotopic (exact) mass is 545 g/mol. The van der Waals surface area contributed by atoms with Crippen molar-refractivity contribution in [3.05, 3.63) is 100 Å². The van der Waals surface area contributed by atoms with E-state index >= 15 is 0 Å². The number of hydrogen-bond acceptors (Lipinski definition) is 4. The highest BCUT2D eigenvalue weighted by Crippen LogP contribution is 2.53. The topological polar surface area (TPSA) is 55.4 Å². The summed E-state index contributed by atoms with van der Waals surface area (Å²) in [6.07, 6.45) is 5.00. The van der Waals surface area contributed by atoms with Gasteiger partial charge in [0, 0.05) is 16.5 Å². The maximum absolute atomic E-state index is 12.5. The molecule has 0 bridgehead atoms. The number of rotatable bonds is 9. The van der Waals surface area contributed by atoms with E-state index in [2.05, 4.69) is 29.6 Å². The maximum Gasteiger partial charge on any atom is 0.154 e. The molecule has 1 fully saturated rings. The highest BCUT2D eigenvalue weighted by atomic mass is 35.5. The fraction of sp³-hybridized carbons (Fsp3) is 0.379. The molecular weight excluding hydrogens is 513 g/mol. The Bertz CT molecular complexity index is 1260. The van der Waals surface area contributed by atoms with Crippen molar-refractivity contribution in [2.45, 2.75) is 49.3 Å². The molecule has 1 aliphatic heterocycles.